The van der Waals surface area contributed by atoms with Crippen molar-refractivity contribution in [3.05, 3.63) is 112 Å². The van der Waals surface area contributed by atoms with Crippen LogP contribution in [0.15, 0.2) is 60.9 Å². The number of nitrogens with zero attached hydrogens (tertiary/aromatic N) is 3. The molecule has 0 saturated heterocycles. The maximum atomic E-state index is 14.3. The second kappa shape index (κ2) is 8.73. The second-order valence-electron chi connectivity index (χ2n) is 8.21. The van der Waals surface area contributed by atoms with Gasteiger partial charge in [-0.15, -0.1) is 0 Å². The molecule has 0 saturated carbocycles. The summed E-state index contributed by atoms with van der Waals surface area (Å²) in [4.78, 5) is 14.2. The van der Waals surface area contributed by atoms with Crippen molar-refractivity contribution in [2.45, 2.75) is 19.1 Å². The van der Waals surface area contributed by atoms with Gasteiger partial charge in [-0.05, 0) is 65.1 Å². The molecule has 1 aromatic heterocycles. The molecule has 5 rings (SSSR count). The molecule has 176 valence electrons. The van der Waals surface area contributed by atoms with Crippen LogP contribution in [0.5, 0.6) is 0 Å². The van der Waals surface area contributed by atoms with Gasteiger partial charge in [-0.2, -0.15) is 15.0 Å². The van der Waals surface area contributed by atoms with Gasteiger partial charge in [-0.25, -0.2) is 8.78 Å². The molecule has 1 aliphatic carbocycles. The van der Waals surface area contributed by atoms with Crippen LogP contribution in [0.3, 0.4) is 0 Å². The summed E-state index contributed by atoms with van der Waals surface area (Å²) in [6.07, 6.45) is 2.77. The molecule has 0 bridgehead atoms. The molecule has 1 unspecified atom stereocenters. The van der Waals surface area contributed by atoms with Gasteiger partial charge in [0, 0.05) is 23.2 Å². The summed E-state index contributed by atoms with van der Waals surface area (Å²) in [6.45, 7) is -0.378. The van der Waals surface area contributed by atoms with Crippen LogP contribution in [0.2, 0.25) is 0 Å². The highest BCUT2D eigenvalue weighted by Gasteiger charge is 2.25. The SMILES string of the molecule is N=C(N)c1cc(F)c(CNC(=O)c2ccc3c(c2)Cc2cc(-n4nccn4)ccc2C3O)c(F)c1. The molecule has 8 nitrogen and oxygen atoms in total. The molecule has 0 aliphatic heterocycles. The Hall–Kier alpha value is -4.44. The first kappa shape index (κ1) is 22.4. The zero-order valence-electron chi connectivity index (χ0n) is 18.3. The Balaban J connectivity index is 1.36. The third kappa shape index (κ3) is 4.15. The summed E-state index contributed by atoms with van der Waals surface area (Å²) >= 11 is 0. The molecule has 4 aromatic rings. The molecule has 1 aliphatic rings. The lowest BCUT2D eigenvalue weighted by Gasteiger charge is -2.25. The monoisotopic (exact) mass is 474 g/mol. The number of hydrogen-bond acceptors (Lipinski definition) is 5. The highest BCUT2D eigenvalue weighted by molar-refractivity contribution is 5.95. The van der Waals surface area contributed by atoms with Crippen molar-refractivity contribution in [2.75, 3.05) is 0 Å². The van der Waals surface area contributed by atoms with Crippen LogP contribution in [0.1, 0.15) is 49.8 Å². The number of rotatable bonds is 5. The summed E-state index contributed by atoms with van der Waals surface area (Å²) in [6, 6.07) is 12.4. The Bertz CT molecular complexity index is 1450. The number of nitrogens with one attached hydrogen (secondary N) is 2. The Morgan fingerprint density at radius 3 is 2.31 bits per heavy atom. The minimum Gasteiger partial charge on any atom is -0.384 e. The molecular formula is C25H20F2N6O2. The molecule has 5 N–H and O–H groups in total. The van der Waals surface area contributed by atoms with Gasteiger partial charge in [0.25, 0.3) is 5.91 Å². The van der Waals surface area contributed by atoms with Gasteiger partial charge in [0.1, 0.15) is 23.6 Å². The Morgan fingerprint density at radius 2 is 1.66 bits per heavy atom. The first-order chi connectivity index (χ1) is 16.8. The highest BCUT2D eigenvalue weighted by atomic mass is 19.1. The van der Waals surface area contributed by atoms with E-state index in [1.54, 1.807) is 30.6 Å². The van der Waals surface area contributed by atoms with Crippen LogP contribution in [0, 0.1) is 17.0 Å². The topological polar surface area (TPSA) is 130 Å². The minimum atomic E-state index is -0.900. The lowest BCUT2D eigenvalue weighted by molar-refractivity contribution is 0.0950. The molecule has 10 heteroatoms. The number of hydrogen-bond donors (Lipinski definition) is 4. The van der Waals surface area contributed by atoms with E-state index < -0.39 is 29.5 Å². The molecule has 1 amide bonds. The molecule has 0 spiro atoms. The minimum absolute atomic E-state index is 0.0740. The molecule has 0 radical (unpaired) electrons. The van der Waals surface area contributed by atoms with Crippen LogP contribution >= 0.6 is 0 Å². The summed E-state index contributed by atoms with van der Waals surface area (Å²) in [5, 5.41) is 29.0. The standard InChI is InChI=1S/C25H20F2N6O2/c26-21-10-16(24(28)29)11-22(27)20(21)12-30-25(35)13-1-3-18-14(7-13)8-15-9-17(33-31-5-6-32-33)2-4-19(15)23(18)34/h1-7,9-11,23,34H,8,12H2,(H3,28,29)(H,30,35). The van der Waals surface area contributed by atoms with E-state index in [9.17, 15) is 18.7 Å². The summed E-state index contributed by atoms with van der Waals surface area (Å²) < 4.78 is 28.6. The highest BCUT2D eigenvalue weighted by Crippen LogP contribution is 2.36. The number of amides is 1. The maximum absolute atomic E-state index is 14.3. The Morgan fingerprint density at radius 1 is 1.03 bits per heavy atom. The van der Waals surface area contributed by atoms with E-state index in [4.69, 9.17) is 11.1 Å². The third-order valence-corrected chi connectivity index (χ3v) is 6.03. The first-order valence-corrected chi connectivity index (χ1v) is 10.7. The molecule has 1 atom stereocenters. The van der Waals surface area contributed by atoms with Crippen molar-refractivity contribution in [3.63, 3.8) is 0 Å². The van der Waals surface area contributed by atoms with Crippen molar-refractivity contribution in [2.24, 2.45) is 5.73 Å². The molecule has 0 fully saturated rings. The fourth-order valence-electron chi connectivity index (χ4n) is 4.22. The van der Waals surface area contributed by atoms with E-state index >= 15 is 0 Å². The number of nitrogen functional groups attached to an aromatic ring is 1. The molecule has 3 aromatic carbocycles. The van der Waals surface area contributed by atoms with E-state index in [1.807, 2.05) is 18.2 Å². The van der Waals surface area contributed by atoms with Crippen LogP contribution in [0.4, 0.5) is 8.78 Å². The number of carbonyl (C=O) groups is 1. The van der Waals surface area contributed by atoms with Crippen molar-refractivity contribution < 1.29 is 18.7 Å². The smallest absolute Gasteiger partial charge is 0.251 e. The van der Waals surface area contributed by atoms with Crippen molar-refractivity contribution in [3.8, 4) is 5.69 Å². The molecular weight excluding hydrogens is 454 g/mol. The van der Waals surface area contributed by atoms with Crippen molar-refractivity contribution in [1.29, 1.82) is 5.41 Å². The zero-order chi connectivity index (χ0) is 24.7. The van der Waals surface area contributed by atoms with E-state index in [0.717, 1.165) is 34.5 Å². The van der Waals surface area contributed by atoms with Crippen molar-refractivity contribution in [1.82, 2.24) is 20.3 Å². The van der Waals surface area contributed by atoms with Gasteiger partial charge in [0.05, 0.1) is 18.1 Å². The number of halogens is 2. The first-order valence-electron chi connectivity index (χ1n) is 10.7. The number of nitrogens with two attached hydrogens (primary N) is 1. The van der Waals surface area contributed by atoms with E-state index in [-0.39, 0.29) is 17.7 Å². The molecule has 1 heterocycles. The van der Waals surface area contributed by atoms with E-state index in [1.165, 1.54) is 4.80 Å². The normalized spacial score (nSPS) is 14.2. The fraction of sp³-hybridized carbons (Fsp3) is 0.120. The fourth-order valence-corrected chi connectivity index (χ4v) is 4.22. The van der Waals surface area contributed by atoms with Crippen LogP contribution < -0.4 is 11.1 Å². The molecule has 35 heavy (non-hydrogen) atoms. The van der Waals surface area contributed by atoms with Gasteiger partial charge >= 0.3 is 0 Å². The number of amidine groups is 1. The van der Waals surface area contributed by atoms with Gasteiger partial charge < -0.3 is 16.2 Å². The van der Waals surface area contributed by atoms with Crippen LogP contribution in [0.25, 0.3) is 5.69 Å². The quantitative estimate of drug-likeness (QED) is 0.261. The average molecular weight is 474 g/mol. The van der Waals surface area contributed by atoms with Gasteiger partial charge in [-0.1, -0.05) is 12.1 Å². The van der Waals surface area contributed by atoms with E-state index in [0.29, 0.717) is 17.5 Å². The largest absolute Gasteiger partial charge is 0.384 e. The number of aromatic nitrogens is 3. The lowest BCUT2D eigenvalue weighted by atomic mass is 9.83. The zero-order valence-corrected chi connectivity index (χ0v) is 18.3. The number of aliphatic hydroxyl groups excluding tert-OH is 1. The Kier molecular flexibility index (Phi) is 5.58. The second-order valence-corrected chi connectivity index (χ2v) is 8.21. The Labute approximate surface area is 198 Å². The van der Waals surface area contributed by atoms with Crippen molar-refractivity contribution >= 4 is 11.7 Å². The lowest BCUT2D eigenvalue weighted by Crippen LogP contribution is -2.25. The number of carbonyl (C=O) groups excluding carboxylic acids is 1. The summed E-state index contributed by atoms with van der Waals surface area (Å²) in [5.74, 6) is -2.77. The van der Waals surface area contributed by atoms with Gasteiger partial charge in [-0.3, -0.25) is 10.2 Å². The summed E-state index contributed by atoms with van der Waals surface area (Å²) in [5.41, 5.74) is 9.04. The van der Waals surface area contributed by atoms with Gasteiger partial charge in [0.2, 0.25) is 0 Å². The predicted octanol–water partition coefficient (Wildman–Crippen LogP) is 2.75. The summed E-state index contributed by atoms with van der Waals surface area (Å²) in [7, 11) is 0. The van der Waals surface area contributed by atoms with Crippen LogP contribution in [-0.4, -0.2) is 31.8 Å². The third-order valence-electron chi connectivity index (χ3n) is 6.03. The maximum Gasteiger partial charge on any atom is 0.251 e. The van der Waals surface area contributed by atoms with E-state index in [2.05, 4.69) is 15.5 Å². The number of aliphatic hydroxyl groups is 1. The van der Waals surface area contributed by atoms with Gasteiger partial charge in [0.15, 0.2) is 0 Å². The number of benzene rings is 3. The predicted molar refractivity (Wildman–Crippen MR) is 123 cm³/mol. The average Bonchev–Trinajstić information content (AvgIpc) is 3.38. The van der Waals surface area contributed by atoms with Crippen LogP contribution in [-0.2, 0) is 13.0 Å². The number of fused-ring (bicyclic) bond motifs is 2.